The van der Waals surface area contributed by atoms with Crippen molar-refractivity contribution < 1.29 is 4.79 Å². The van der Waals surface area contributed by atoms with Gasteiger partial charge in [0.25, 0.3) is 5.91 Å². The zero-order valence-electron chi connectivity index (χ0n) is 12.9. The Labute approximate surface area is 145 Å². The Bertz CT molecular complexity index is 767. The molecule has 23 heavy (non-hydrogen) atoms. The van der Waals surface area contributed by atoms with Gasteiger partial charge in [-0.05, 0) is 35.3 Å². The monoisotopic (exact) mass is 340 g/mol. The van der Waals surface area contributed by atoms with Crippen LogP contribution < -0.4 is 4.90 Å². The van der Waals surface area contributed by atoms with Crippen LogP contribution in [0, 0.1) is 0 Å². The summed E-state index contributed by atoms with van der Waals surface area (Å²) in [5.74, 6) is 0.397. The molecule has 1 aliphatic rings. The van der Waals surface area contributed by atoms with E-state index in [-0.39, 0.29) is 5.91 Å². The lowest BCUT2D eigenvalue weighted by Gasteiger charge is -2.13. The second-order valence-corrected chi connectivity index (χ2v) is 7.23. The fourth-order valence-electron chi connectivity index (χ4n) is 2.30. The highest BCUT2D eigenvalue weighted by atomic mass is 32.2. The molecule has 0 unspecified atom stereocenters. The van der Waals surface area contributed by atoms with E-state index in [0.29, 0.717) is 20.8 Å². The van der Waals surface area contributed by atoms with Gasteiger partial charge in [0.05, 0.1) is 16.8 Å². The second kappa shape index (κ2) is 6.64. The summed E-state index contributed by atoms with van der Waals surface area (Å²) in [4.78, 5) is 18.8. The van der Waals surface area contributed by atoms with Gasteiger partial charge >= 0.3 is 0 Å². The van der Waals surface area contributed by atoms with Gasteiger partial charge in [-0.1, -0.05) is 62.1 Å². The highest BCUT2D eigenvalue weighted by Crippen LogP contribution is 2.35. The molecule has 1 saturated heterocycles. The van der Waals surface area contributed by atoms with Crippen LogP contribution in [-0.2, 0) is 4.79 Å². The smallest absolute Gasteiger partial charge is 0.268 e. The average molecular weight is 340 g/mol. The van der Waals surface area contributed by atoms with E-state index >= 15 is 0 Å². The molecule has 2 heterocycles. The average Bonchev–Trinajstić information content (AvgIpc) is 2.82. The molecule has 5 heteroatoms. The maximum absolute atomic E-state index is 12.6. The minimum Gasteiger partial charge on any atom is -0.268 e. The third-order valence-electron chi connectivity index (χ3n) is 3.60. The molecule has 1 fully saturated rings. The number of thiocarbonyl (C=S) groups is 1. The molecule has 0 N–H and O–H groups in total. The van der Waals surface area contributed by atoms with Crippen molar-refractivity contribution in [1.29, 1.82) is 0 Å². The lowest BCUT2D eigenvalue weighted by Crippen LogP contribution is -2.27. The van der Waals surface area contributed by atoms with Gasteiger partial charge < -0.3 is 0 Å². The van der Waals surface area contributed by atoms with E-state index in [1.807, 2.05) is 24.3 Å². The molecule has 0 saturated carbocycles. The van der Waals surface area contributed by atoms with Gasteiger partial charge in [0.15, 0.2) is 4.32 Å². The third-order valence-corrected chi connectivity index (χ3v) is 4.90. The van der Waals surface area contributed by atoms with Crippen LogP contribution in [0.1, 0.15) is 30.9 Å². The van der Waals surface area contributed by atoms with Crippen LogP contribution in [0.25, 0.3) is 6.08 Å². The number of pyridine rings is 1. The first-order valence-corrected chi connectivity index (χ1v) is 8.56. The van der Waals surface area contributed by atoms with Gasteiger partial charge in [-0.25, -0.2) is 0 Å². The molecule has 116 valence electrons. The van der Waals surface area contributed by atoms with Crippen LogP contribution in [0.2, 0.25) is 0 Å². The number of anilines is 1. The van der Waals surface area contributed by atoms with Crippen molar-refractivity contribution in [2.75, 3.05) is 4.90 Å². The standard InChI is InChI=1S/C18H16N2OS2/c1-12(2)14-7-5-13(6-8-14)10-16-17(21)20(18(22)23-16)15-4-3-9-19-11-15/h3-12H,1-2H3/b16-10-. The first-order valence-electron chi connectivity index (χ1n) is 7.34. The Kier molecular flexibility index (Phi) is 4.59. The Balaban J connectivity index is 1.87. The predicted molar refractivity (Wildman–Crippen MR) is 100 cm³/mol. The first kappa shape index (κ1) is 15.9. The van der Waals surface area contributed by atoms with Crippen LogP contribution in [0.4, 0.5) is 5.69 Å². The Morgan fingerprint density at radius 3 is 2.57 bits per heavy atom. The molecule has 1 aromatic heterocycles. The van der Waals surface area contributed by atoms with Crippen molar-refractivity contribution in [3.05, 3.63) is 64.8 Å². The predicted octanol–water partition coefficient (Wildman–Crippen LogP) is 4.61. The summed E-state index contributed by atoms with van der Waals surface area (Å²) in [7, 11) is 0. The van der Waals surface area contributed by atoms with Crippen molar-refractivity contribution in [2.45, 2.75) is 19.8 Å². The molecule has 0 radical (unpaired) electrons. The molecular weight excluding hydrogens is 324 g/mol. The quantitative estimate of drug-likeness (QED) is 0.603. The van der Waals surface area contributed by atoms with Crippen LogP contribution in [0.15, 0.2) is 53.7 Å². The van der Waals surface area contributed by atoms with Crippen LogP contribution >= 0.6 is 24.0 Å². The highest BCUT2D eigenvalue weighted by Gasteiger charge is 2.33. The summed E-state index contributed by atoms with van der Waals surface area (Å²) < 4.78 is 0.535. The van der Waals surface area contributed by atoms with Crippen LogP contribution in [-0.4, -0.2) is 15.2 Å². The summed E-state index contributed by atoms with van der Waals surface area (Å²) >= 11 is 6.67. The zero-order chi connectivity index (χ0) is 16.4. The van der Waals surface area contributed by atoms with Crippen molar-refractivity contribution in [3.63, 3.8) is 0 Å². The van der Waals surface area contributed by atoms with Crippen molar-refractivity contribution >= 4 is 46.0 Å². The van der Waals surface area contributed by atoms with E-state index < -0.39 is 0 Å². The van der Waals surface area contributed by atoms with E-state index in [0.717, 1.165) is 5.56 Å². The molecule has 0 spiro atoms. The third kappa shape index (κ3) is 3.35. The molecule has 3 nitrogen and oxygen atoms in total. The Morgan fingerprint density at radius 1 is 1.22 bits per heavy atom. The zero-order valence-corrected chi connectivity index (χ0v) is 14.5. The Morgan fingerprint density at radius 2 is 1.96 bits per heavy atom. The van der Waals surface area contributed by atoms with Gasteiger partial charge in [-0.15, -0.1) is 0 Å². The summed E-state index contributed by atoms with van der Waals surface area (Å²) in [6.45, 7) is 4.32. The Hall–Kier alpha value is -1.98. The van der Waals surface area contributed by atoms with Gasteiger partial charge in [0.1, 0.15) is 0 Å². The minimum absolute atomic E-state index is 0.0964. The summed E-state index contributed by atoms with van der Waals surface area (Å²) in [5.41, 5.74) is 2.99. The van der Waals surface area contributed by atoms with Gasteiger partial charge in [-0.2, -0.15) is 0 Å². The summed E-state index contributed by atoms with van der Waals surface area (Å²) in [5, 5.41) is 0. The topological polar surface area (TPSA) is 33.2 Å². The van der Waals surface area contributed by atoms with E-state index in [1.165, 1.54) is 22.2 Å². The lowest BCUT2D eigenvalue weighted by molar-refractivity contribution is -0.113. The number of carbonyl (C=O) groups excluding carboxylic acids is 1. The highest BCUT2D eigenvalue weighted by molar-refractivity contribution is 8.27. The number of aromatic nitrogens is 1. The second-order valence-electron chi connectivity index (χ2n) is 5.55. The minimum atomic E-state index is -0.0964. The molecule has 2 aromatic rings. The van der Waals surface area contributed by atoms with Crippen LogP contribution in [0.5, 0.6) is 0 Å². The fraction of sp³-hybridized carbons (Fsp3) is 0.167. The normalized spacial score (nSPS) is 16.7. The van der Waals surface area contributed by atoms with Gasteiger partial charge in [-0.3, -0.25) is 14.7 Å². The van der Waals surface area contributed by atoms with E-state index in [4.69, 9.17) is 12.2 Å². The van der Waals surface area contributed by atoms with E-state index in [9.17, 15) is 4.79 Å². The maximum atomic E-state index is 12.6. The fourth-order valence-corrected chi connectivity index (χ4v) is 3.60. The molecule has 0 aliphatic carbocycles. The number of hydrogen-bond donors (Lipinski definition) is 0. The van der Waals surface area contributed by atoms with E-state index in [2.05, 4.69) is 31.0 Å². The maximum Gasteiger partial charge on any atom is 0.270 e. The van der Waals surface area contributed by atoms with Crippen molar-refractivity contribution in [3.8, 4) is 0 Å². The van der Waals surface area contributed by atoms with Crippen molar-refractivity contribution in [1.82, 2.24) is 4.98 Å². The number of nitrogens with zero attached hydrogens (tertiary/aromatic N) is 2. The molecule has 0 atom stereocenters. The van der Waals surface area contributed by atoms with Crippen molar-refractivity contribution in [2.24, 2.45) is 0 Å². The molecule has 1 aliphatic heterocycles. The van der Waals surface area contributed by atoms with Gasteiger partial charge in [0.2, 0.25) is 0 Å². The number of hydrogen-bond acceptors (Lipinski definition) is 4. The number of rotatable bonds is 3. The molecule has 1 aromatic carbocycles. The number of benzene rings is 1. The first-order chi connectivity index (χ1) is 11.1. The molecule has 1 amide bonds. The van der Waals surface area contributed by atoms with Gasteiger partial charge in [0, 0.05) is 6.20 Å². The summed E-state index contributed by atoms with van der Waals surface area (Å²) in [6.07, 6.45) is 5.21. The largest absolute Gasteiger partial charge is 0.270 e. The lowest BCUT2D eigenvalue weighted by atomic mass is 10.0. The molecule has 0 bridgehead atoms. The molecule has 3 rings (SSSR count). The van der Waals surface area contributed by atoms with Crippen LogP contribution in [0.3, 0.4) is 0 Å². The summed E-state index contributed by atoms with van der Waals surface area (Å²) in [6, 6.07) is 11.9. The SMILES string of the molecule is CC(C)c1ccc(/C=C2\SC(=S)N(c3cccnc3)C2=O)cc1. The number of carbonyl (C=O) groups is 1. The van der Waals surface area contributed by atoms with E-state index in [1.54, 1.807) is 18.5 Å². The number of thioether (sulfide) groups is 1. The number of amides is 1. The molecular formula is C18H16N2OS2.